The Hall–Kier alpha value is -2.46. The fourth-order valence-electron chi connectivity index (χ4n) is 2.40. The lowest BCUT2D eigenvalue weighted by Gasteiger charge is -2.13. The van der Waals surface area contributed by atoms with Gasteiger partial charge in [0, 0.05) is 23.9 Å². The van der Waals surface area contributed by atoms with Crippen LogP contribution in [0.25, 0.3) is 0 Å². The van der Waals surface area contributed by atoms with Crippen LogP contribution in [0.1, 0.15) is 23.3 Å². The molecule has 9 heteroatoms. The van der Waals surface area contributed by atoms with Crippen molar-refractivity contribution in [1.82, 2.24) is 5.32 Å². The number of rotatable bonds is 12. The lowest BCUT2D eigenvalue weighted by molar-refractivity contribution is -0.159. The molecule has 2 rings (SSSR count). The average molecular weight is 440 g/mol. The van der Waals surface area contributed by atoms with Gasteiger partial charge in [0.15, 0.2) is 0 Å². The molecule has 30 heavy (non-hydrogen) atoms. The van der Waals surface area contributed by atoms with Gasteiger partial charge >= 0.3 is 11.9 Å². The summed E-state index contributed by atoms with van der Waals surface area (Å²) in [7, 11) is 0. The van der Waals surface area contributed by atoms with Gasteiger partial charge in [-0.05, 0) is 49.0 Å². The van der Waals surface area contributed by atoms with Crippen molar-refractivity contribution in [2.75, 3.05) is 39.5 Å². The Morgan fingerprint density at radius 3 is 2.33 bits per heavy atom. The largest absolute Gasteiger partial charge is 0.491 e. The van der Waals surface area contributed by atoms with Gasteiger partial charge in [0.1, 0.15) is 12.4 Å². The van der Waals surface area contributed by atoms with Gasteiger partial charge in [0.2, 0.25) is 0 Å². The molecule has 0 bridgehead atoms. The first-order chi connectivity index (χ1) is 14.5. The minimum Gasteiger partial charge on any atom is -0.491 e. The number of nitrogens with one attached hydrogen (secondary N) is 1. The number of hydrogen-bond donors (Lipinski definition) is 4. The zero-order valence-electron chi connectivity index (χ0n) is 17.0. The molecule has 0 saturated carbocycles. The van der Waals surface area contributed by atoms with Gasteiger partial charge < -0.3 is 30.1 Å². The van der Waals surface area contributed by atoms with Crippen LogP contribution in [0.2, 0.25) is 0 Å². The highest BCUT2D eigenvalue weighted by Gasteiger charge is 2.10. The highest BCUT2D eigenvalue weighted by atomic mass is 32.1. The Balaban J connectivity index is 0.000000656. The Morgan fingerprint density at radius 1 is 1.10 bits per heavy atom. The van der Waals surface area contributed by atoms with E-state index in [0.29, 0.717) is 13.2 Å². The average Bonchev–Trinajstić information content (AvgIpc) is 3.27. The third kappa shape index (κ3) is 10.9. The van der Waals surface area contributed by atoms with E-state index in [9.17, 15) is 5.11 Å². The highest BCUT2D eigenvalue weighted by Crippen LogP contribution is 2.20. The van der Waals surface area contributed by atoms with Crippen molar-refractivity contribution >= 4 is 23.3 Å². The molecule has 0 aliphatic rings. The standard InChI is InChI=1S/C19H27NO3S.C2H2O4/c1-2-22-11-12-23-18-7-5-16(6-8-18)9-10-20-14-17(15-21)19-4-3-13-24-19;3-1(4)2(5)6/h3-8,13,17,20-21H,2,9-12,14-15H2,1H3;(H,3,4)(H,5,6). The summed E-state index contributed by atoms with van der Waals surface area (Å²) >= 11 is 1.70. The molecule has 0 aliphatic heterocycles. The summed E-state index contributed by atoms with van der Waals surface area (Å²) in [5.74, 6) is -2.58. The van der Waals surface area contributed by atoms with Gasteiger partial charge in [0.25, 0.3) is 0 Å². The van der Waals surface area contributed by atoms with Crippen molar-refractivity contribution in [3.63, 3.8) is 0 Å². The predicted octanol–water partition coefficient (Wildman–Crippen LogP) is 2.23. The molecule has 1 aromatic heterocycles. The lowest BCUT2D eigenvalue weighted by atomic mass is 10.1. The Labute approximate surface area is 180 Å². The molecule has 0 amide bonds. The fourth-order valence-corrected chi connectivity index (χ4v) is 3.22. The van der Waals surface area contributed by atoms with Gasteiger partial charge in [-0.15, -0.1) is 11.3 Å². The second-order valence-electron chi connectivity index (χ2n) is 6.15. The van der Waals surface area contributed by atoms with E-state index in [-0.39, 0.29) is 12.5 Å². The summed E-state index contributed by atoms with van der Waals surface area (Å²) < 4.78 is 10.9. The number of aliphatic hydroxyl groups excluding tert-OH is 1. The Bertz CT molecular complexity index is 707. The van der Waals surface area contributed by atoms with Crippen molar-refractivity contribution in [3.8, 4) is 5.75 Å². The first-order valence-corrected chi connectivity index (χ1v) is 10.5. The number of aliphatic hydroxyl groups is 1. The molecule has 4 N–H and O–H groups in total. The molecule has 1 atom stereocenters. The summed E-state index contributed by atoms with van der Waals surface area (Å²) in [5, 5.41) is 29.8. The zero-order chi connectivity index (χ0) is 22.2. The SMILES string of the molecule is CCOCCOc1ccc(CCNCC(CO)c2cccs2)cc1.O=C(O)C(=O)O. The molecule has 1 heterocycles. The van der Waals surface area contributed by atoms with Crippen molar-refractivity contribution in [1.29, 1.82) is 0 Å². The molecular formula is C21H29NO7S. The minimum atomic E-state index is -1.82. The number of carboxylic acids is 2. The summed E-state index contributed by atoms with van der Waals surface area (Å²) in [6.07, 6.45) is 0.960. The van der Waals surface area contributed by atoms with Crippen molar-refractivity contribution in [3.05, 3.63) is 52.2 Å². The van der Waals surface area contributed by atoms with E-state index >= 15 is 0 Å². The second-order valence-corrected chi connectivity index (χ2v) is 7.13. The van der Waals surface area contributed by atoms with Crippen LogP contribution in [0, 0.1) is 0 Å². The van der Waals surface area contributed by atoms with Gasteiger partial charge in [0.05, 0.1) is 13.2 Å². The monoisotopic (exact) mass is 439 g/mol. The van der Waals surface area contributed by atoms with E-state index in [4.69, 9.17) is 29.3 Å². The van der Waals surface area contributed by atoms with E-state index in [1.807, 2.05) is 25.1 Å². The van der Waals surface area contributed by atoms with Crippen molar-refractivity contribution in [2.45, 2.75) is 19.3 Å². The molecule has 0 saturated heterocycles. The van der Waals surface area contributed by atoms with Crippen LogP contribution >= 0.6 is 11.3 Å². The molecular weight excluding hydrogens is 410 g/mol. The Morgan fingerprint density at radius 2 is 1.80 bits per heavy atom. The van der Waals surface area contributed by atoms with Crippen LogP contribution in [0.5, 0.6) is 5.75 Å². The number of thiophene rings is 1. The number of hydrogen-bond acceptors (Lipinski definition) is 7. The first kappa shape index (κ1) is 25.6. The van der Waals surface area contributed by atoms with Crippen molar-refractivity contribution in [2.24, 2.45) is 0 Å². The van der Waals surface area contributed by atoms with E-state index in [0.717, 1.165) is 31.9 Å². The van der Waals surface area contributed by atoms with E-state index in [2.05, 4.69) is 28.9 Å². The molecule has 166 valence electrons. The second kappa shape index (κ2) is 15.4. The van der Waals surface area contributed by atoms with Crippen LogP contribution in [-0.4, -0.2) is 66.8 Å². The van der Waals surface area contributed by atoms with Gasteiger partial charge in [-0.25, -0.2) is 9.59 Å². The third-order valence-electron chi connectivity index (χ3n) is 3.95. The number of aliphatic carboxylic acids is 2. The van der Waals surface area contributed by atoms with Gasteiger partial charge in [-0.1, -0.05) is 18.2 Å². The third-order valence-corrected chi connectivity index (χ3v) is 4.99. The summed E-state index contributed by atoms with van der Waals surface area (Å²) in [5.41, 5.74) is 1.27. The molecule has 8 nitrogen and oxygen atoms in total. The molecule has 0 fully saturated rings. The van der Waals surface area contributed by atoms with E-state index in [1.54, 1.807) is 11.3 Å². The zero-order valence-corrected chi connectivity index (χ0v) is 17.8. The normalized spacial score (nSPS) is 11.3. The molecule has 0 spiro atoms. The first-order valence-electron chi connectivity index (χ1n) is 9.58. The number of ether oxygens (including phenoxy) is 2. The predicted molar refractivity (Wildman–Crippen MR) is 114 cm³/mol. The number of carboxylic acid groups (broad SMARTS) is 2. The maximum Gasteiger partial charge on any atom is 0.414 e. The van der Waals surface area contributed by atoms with Crippen molar-refractivity contribution < 1.29 is 34.4 Å². The van der Waals surface area contributed by atoms with Crippen LogP contribution < -0.4 is 10.1 Å². The maximum atomic E-state index is 9.49. The van der Waals surface area contributed by atoms with Gasteiger partial charge in [-0.3, -0.25) is 0 Å². The fraction of sp³-hybridized carbons (Fsp3) is 0.429. The molecule has 1 aromatic carbocycles. The van der Waals surface area contributed by atoms with E-state index in [1.165, 1.54) is 10.4 Å². The lowest BCUT2D eigenvalue weighted by Crippen LogP contribution is -2.25. The summed E-state index contributed by atoms with van der Waals surface area (Å²) in [6, 6.07) is 12.3. The Kier molecular flexibility index (Phi) is 13.1. The van der Waals surface area contributed by atoms with Gasteiger partial charge in [-0.2, -0.15) is 0 Å². The summed E-state index contributed by atoms with van der Waals surface area (Å²) in [6.45, 7) is 5.78. The smallest absolute Gasteiger partial charge is 0.414 e. The minimum absolute atomic E-state index is 0.182. The number of carbonyl (C=O) groups is 2. The molecule has 0 aliphatic carbocycles. The molecule has 1 unspecified atom stereocenters. The quantitative estimate of drug-likeness (QED) is 0.293. The van der Waals surface area contributed by atoms with Crippen LogP contribution in [0.3, 0.4) is 0 Å². The highest BCUT2D eigenvalue weighted by molar-refractivity contribution is 7.10. The summed E-state index contributed by atoms with van der Waals surface area (Å²) in [4.78, 5) is 19.4. The maximum absolute atomic E-state index is 9.49. The topological polar surface area (TPSA) is 125 Å². The van der Waals surface area contributed by atoms with Crippen LogP contribution in [0.4, 0.5) is 0 Å². The number of benzene rings is 1. The van der Waals surface area contributed by atoms with E-state index < -0.39 is 11.9 Å². The van der Waals surface area contributed by atoms with Crippen LogP contribution in [0.15, 0.2) is 41.8 Å². The molecule has 2 aromatic rings. The molecule has 0 radical (unpaired) electrons. The van der Waals surface area contributed by atoms with Crippen LogP contribution in [-0.2, 0) is 20.7 Å².